The van der Waals surface area contributed by atoms with E-state index in [4.69, 9.17) is 0 Å². The molecule has 1 N–H and O–H groups in total. The molecule has 0 radical (unpaired) electrons. The number of carbonyl (C=O) groups is 1. The van der Waals surface area contributed by atoms with Gasteiger partial charge in [0.2, 0.25) is 0 Å². The first-order valence-electron chi connectivity index (χ1n) is 4.83. The molecule has 3 heteroatoms. The van der Waals surface area contributed by atoms with Crippen LogP contribution in [0.2, 0.25) is 0 Å². The molecular formula is C10H14N2O. The standard InChI is InChI=1S/C10H14N2O/c13-10-3-1-8(2-4-10)5-9-6-11-7-12-9/h6-8H,1-5H2,(H,11,12). The number of imidazole rings is 1. The Kier molecular flexibility index (Phi) is 2.43. The number of nitrogens with zero attached hydrogens (tertiary/aromatic N) is 1. The predicted octanol–water partition coefficient (Wildman–Crippen LogP) is 1.71. The van der Waals surface area contributed by atoms with E-state index in [0.29, 0.717) is 11.7 Å². The molecule has 1 aliphatic rings. The van der Waals surface area contributed by atoms with Gasteiger partial charge in [-0.1, -0.05) is 0 Å². The molecule has 0 unspecified atom stereocenters. The minimum atomic E-state index is 0.431. The third-order valence-corrected chi connectivity index (χ3v) is 2.73. The van der Waals surface area contributed by atoms with Gasteiger partial charge in [-0.2, -0.15) is 0 Å². The van der Waals surface area contributed by atoms with Crippen molar-refractivity contribution in [2.24, 2.45) is 5.92 Å². The highest BCUT2D eigenvalue weighted by Crippen LogP contribution is 2.24. The molecule has 1 fully saturated rings. The van der Waals surface area contributed by atoms with Crippen LogP contribution in [0.4, 0.5) is 0 Å². The normalized spacial score (nSPS) is 19.2. The van der Waals surface area contributed by atoms with Crippen LogP contribution < -0.4 is 0 Å². The monoisotopic (exact) mass is 178 g/mol. The Hall–Kier alpha value is -1.12. The first kappa shape index (κ1) is 8.48. The summed E-state index contributed by atoms with van der Waals surface area (Å²) in [6.45, 7) is 0. The van der Waals surface area contributed by atoms with Crippen LogP contribution in [0.15, 0.2) is 12.5 Å². The molecule has 1 aromatic heterocycles. The quantitative estimate of drug-likeness (QED) is 0.749. The number of aromatic nitrogens is 2. The second-order valence-electron chi connectivity index (χ2n) is 3.76. The zero-order valence-electron chi connectivity index (χ0n) is 7.62. The Labute approximate surface area is 77.6 Å². The van der Waals surface area contributed by atoms with Crippen molar-refractivity contribution in [3.8, 4) is 0 Å². The molecule has 13 heavy (non-hydrogen) atoms. The number of hydrogen-bond acceptors (Lipinski definition) is 2. The van der Waals surface area contributed by atoms with E-state index in [1.165, 1.54) is 5.69 Å². The smallest absolute Gasteiger partial charge is 0.132 e. The third kappa shape index (κ3) is 2.17. The van der Waals surface area contributed by atoms with Crippen LogP contribution in [0.5, 0.6) is 0 Å². The van der Waals surface area contributed by atoms with E-state index in [9.17, 15) is 4.79 Å². The molecule has 1 aliphatic carbocycles. The van der Waals surface area contributed by atoms with Crippen molar-refractivity contribution in [1.82, 2.24) is 9.97 Å². The number of H-pyrrole nitrogens is 1. The highest BCUT2D eigenvalue weighted by atomic mass is 16.1. The maximum atomic E-state index is 11.0. The van der Waals surface area contributed by atoms with Crippen LogP contribution >= 0.6 is 0 Å². The Morgan fingerprint density at radius 3 is 2.85 bits per heavy atom. The van der Waals surface area contributed by atoms with Gasteiger partial charge in [0.1, 0.15) is 5.78 Å². The molecule has 0 bridgehead atoms. The van der Waals surface area contributed by atoms with Crippen LogP contribution in [0.25, 0.3) is 0 Å². The molecule has 1 saturated carbocycles. The van der Waals surface area contributed by atoms with Crippen molar-refractivity contribution in [3.63, 3.8) is 0 Å². The van der Waals surface area contributed by atoms with E-state index in [0.717, 1.165) is 32.1 Å². The summed E-state index contributed by atoms with van der Waals surface area (Å²) in [5, 5.41) is 0. The van der Waals surface area contributed by atoms with Gasteiger partial charge in [0.05, 0.1) is 6.33 Å². The van der Waals surface area contributed by atoms with Crippen LogP contribution in [-0.2, 0) is 11.2 Å². The minimum absolute atomic E-state index is 0.431. The second kappa shape index (κ2) is 3.73. The van der Waals surface area contributed by atoms with Crippen molar-refractivity contribution in [2.45, 2.75) is 32.1 Å². The van der Waals surface area contributed by atoms with Gasteiger partial charge in [0.15, 0.2) is 0 Å². The lowest BCUT2D eigenvalue weighted by atomic mass is 9.85. The summed E-state index contributed by atoms with van der Waals surface area (Å²) in [6.07, 6.45) is 8.29. The second-order valence-corrected chi connectivity index (χ2v) is 3.76. The number of carbonyl (C=O) groups excluding carboxylic acids is 1. The molecule has 0 atom stereocenters. The SMILES string of the molecule is O=C1CCC(Cc2cnc[nH]2)CC1. The third-order valence-electron chi connectivity index (χ3n) is 2.73. The van der Waals surface area contributed by atoms with E-state index < -0.39 is 0 Å². The first-order valence-corrected chi connectivity index (χ1v) is 4.83. The van der Waals surface area contributed by atoms with Crippen molar-refractivity contribution < 1.29 is 4.79 Å². The molecule has 70 valence electrons. The average molecular weight is 178 g/mol. The molecule has 1 heterocycles. The number of nitrogens with one attached hydrogen (secondary N) is 1. The predicted molar refractivity (Wildman–Crippen MR) is 49.3 cm³/mol. The van der Waals surface area contributed by atoms with Gasteiger partial charge in [-0.15, -0.1) is 0 Å². The maximum absolute atomic E-state index is 11.0. The summed E-state index contributed by atoms with van der Waals surface area (Å²) in [7, 11) is 0. The van der Waals surface area contributed by atoms with Gasteiger partial charge in [-0.25, -0.2) is 4.98 Å². The Morgan fingerprint density at radius 1 is 1.46 bits per heavy atom. The lowest BCUT2D eigenvalue weighted by molar-refractivity contribution is -0.121. The number of rotatable bonds is 2. The molecule has 0 aromatic carbocycles. The fourth-order valence-corrected chi connectivity index (χ4v) is 1.91. The zero-order valence-corrected chi connectivity index (χ0v) is 7.62. The topological polar surface area (TPSA) is 45.8 Å². The average Bonchev–Trinajstić information content (AvgIpc) is 2.62. The molecule has 0 aliphatic heterocycles. The number of ketones is 1. The van der Waals surface area contributed by atoms with Gasteiger partial charge >= 0.3 is 0 Å². The van der Waals surface area contributed by atoms with Crippen molar-refractivity contribution >= 4 is 5.78 Å². The number of Topliss-reactive ketones (excluding diaryl/α,β-unsaturated/α-hetero) is 1. The summed E-state index contributed by atoms with van der Waals surface area (Å²) in [5.41, 5.74) is 1.19. The summed E-state index contributed by atoms with van der Waals surface area (Å²) >= 11 is 0. The molecular weight excluding hydrogens is 164 g/mol. The van der Waals surface area contributed by atoms with Gasteiger partial charge in [-0.05, 0) is 25.2 Å². The number of aromatic amines is 1. The van der Waals surface area contributed by atoms with Gasteiger partial charge in [0.25, 0.3) is 0 Å². The Bertz CT molecular complexity index is 269. The van der Waals surface area contributed by atoms with E-state index in [1.807, 2.05) is 6.20 Å². The van der Waals surface area contributed by atoms with Crippen LogP contribution in [0.1, 0.15) is 31.4 Å². The Morgan fingerprint density at radius 2 is 2.23 bits per heavy atom. The zero-order chi connectivity index (χ0) is 9.10. The minimum Gasteiger partial charge on any atom is -0.348 e. The lowest BCUT2D eigenvalue weighted by Gasteiger charge is -2.19. The van der Waals surface area contributed by atoms with Gasteiger partial charge < -0.3 is 4.98 Å². The molecule has 1 aromatic rings. The van der Waals surface area contributed by atoms with Crippen molar-refractivity contribution in [1.29, 1.82) is 0 Å². The summed E-state index contributed by atoms with van der Waals surface area (Å²) in [6, 6.07) is 0. The van der Waals surface area contributed by atoms with E-state index in [1.54, 1.807) is 6.33 Å². The van der Waals surface area contributed by atoms with Gasteiger partial charge in [-0.3, -0.25) is 4.79 Å². The molecule has 0 spiro atoms. The summed E-state index contributed by atoms with van der Waals surface area (Å²) < 4.78 is 0. The summed E-state index contributed by atoms with van der Waals surface area (Å²) in [4.78, 5) is 18.1. The first-order chi connectivity index (χ1) is 6.34. The Balaban J connectivity index is 1.86. The van der Waals surface area contributed by atoms with Gasteiger partial charge in [0, 0.05) is 24.7 Å². The lowest BCUT2D eigenvalue weighted by Crippen LogP contribution is -2.15. The fraction of sp³-hybridized carbons (Fsp3) is 0.600. The largest absolute Gasteiger partial charge is 0.348 e. The van der Waals surface area contributed by atoms with E-state index >= 15 is 0 Å². The van der Waals surface area contributed by atoms with Crippen LogP contribution in [0, 0.1) is 5.92 Å². The fourth-order valence-electron chi connectivity index (χ4n) is 1.91. The molecule has 3 nitrogen and oxygen atoms in total. The maximum Gasteiger partial charge on any atom is 0.132 e. The summed E-state index contributed by atoms with van der Waals surface area (Å²) in [5.74, 6) is 1.11. The van der Waals surface area contributed by atoms with Crippen molar-refractivity contribution in [3.05, 3.63) is 18.2 Å². The molecule has 0 amide bonds. The number of hydrogen-bond donors (Lipinski definition) is 1. The molecule has 2 rings (SSSR count). The van der Waals surface area contributed by atoms with E-state index in [2.05, 4.69) is 9.97 Å². The highest BCUT2D eigenvalue weighted by Gasteiger charge is 2.18. The van der Waals surface area contributed by atoms with Crippen molar-refractivity contribution in [2.75, 3.05) is 0 Å². The van der Waals surface area contributed by atoms with Crippen LogP contribution in [0.3, 0.4) is 0 Å². The highest BCUT2D eigenvalue weighted by molar-refractivity contribution is 5.79. The molecule has 0 saturated heterocycles. The van der Waals surface area contributed by atoms with E-state index in [-0.39, 0.29) is 0 Å². The van der Waals surface area contributed by atoms with Crippen LogP contribution in [-0.4, -0.2) is 15.8 Å².